The van der Waals surface area contributed by atoms with Gasteiger partial charge in [-0.3, -0.25) is 4.79 Å². The number of nitrogens with one attached hydrogen (secondary N) is 1. The van der Waals surface area contributed by atoms with Crippen molar-refractivity contribution in [3.8, 4) is 0 Å². The SMILES string of the molecule is CCNC1(C(N)=O)CCC(N2CCC(C(C)(C)C)CC2)C1. The highest BCUT2D eigenvalue weighted by atomic mass is 16.1. The zero-order valence-electron chi connectivity index (χ0n) is 14.2. The van der Waals surface area contributed by atoms with Crippen LogP contribution in [0, 0.1) is 11.3 Å². The van der Waals surface area contributed by atoms with Gasteiger partial charge in [0.05, 0.1) is 5.54 Å². The summed E-state index contributed by atoms with van der Waals surface area (Å²) in [6, 6.07) is 0.525. The fourth-order valence-corrected chi connectivity index (χ4v) is 4.27. The van der Waals surface area contributed by atoms with E-state index in [0.29, 0.717) is 11.5 Å². The molecule has 2 fully saturated rings. The number of primary amides is 1. The first-order valence-corrected chi connectivity index (χ1v) is 8.57. The van der Waals surface area contributed by atoms with Crippen LogP contribution in [0.2, 0.25) is 0 Å². The maximum Gasteiger partial charge on any atom is 0.237 e. The summed E-state index contributed by atoms with van der Waals surface area (Å²) in [6.45, 7) is 12.3. The minimum absolute atomic E-state index is 0.170. The molecular weight excluding hydrogens is 262 g/mol. The lowest BCUT2D eigenvalue weighted by Gasteiger charge is -2.41. The summed E-state index contributed by atoms with van der Waals surface area (Å²) in [5.41, 5.74) is 5.63. The van der Waals surface area contributed by atoms with Gasteiger partial charge >= 0.3 is 0 Å². The van der Waals surface area contributed by atoms with Crippen LogP contribution in [0.3, 0.4) is 0 Å². The smallest absolute Gasteiger partial charge is 0.237 e. The Morgan fingerprint density at radius 3 is 2.38 bits per heavy atom. The van der Waals surface area contributed by atoms with Crippen molar-refractivity contribution in [3.63, 3.8) is 0 Å². The normalized spacial score (nSPS) is 32.5. The number of carbonyl (C=O) groups is 1. The lowest BCUT2D eigenvalue weighted by molar-refractivity contribution is -0.124. The molecule has 1 saturated carbocycles. The molecule has 0 aromatic heterocycles. The van der Waals surface area contributed by atoms with Crippen LogP contribution in [0.25, 0.3) is 0 Å². The maximum absolute atomic E-state index is 11.9. The lowest BCUT2D eigenvalue weighted by Crippen LogP contribution is -2.55. The van der Waals surface area contributed by atoms with Crippen molar-refractivity contribution >= 4 is 5.91 Å². The molecule has 2 atom stereocenters. The topological polar surface area (TPSA) is 58.4 Å². The average Bonchev–Trinajstić information content (AvgIpc) is 2.84. The minimum atomic E-state index is -0.458. The van der Waals surface area contributed by atoms with E-state index in [1.54, 1.807) is 0 Å². The Hall–Kier alpha value is -0.610. The molecule has 4 nitrogen and oxygen atoms in total. The number of likely N-dealkylation sites (N-methyl/N-ethyl adjacent to an activating group) is 1. The molecule has 4 heteroatoms. The van der Waals surface area contributed by atoms with Crippen molar-refractivity contribution in [2.75, 3.05) is 19.6 Å². The van der Waals surface area contributed by atoms with Crippen molar-refractivity contribution in [1.82, 2.24) is 10.2 Å². The Balaban J connectivity index is 1.92. The van der Waals surface area contributed by atoms with Gasteiger partial charge in [0.25, 0.3) is 0 Å². The van der Waals surface area contributed by atoms with Gasteiger partial charge in [0.1, 0.15) is 0 Å². The third kappa shape index (κ3) is 3.59. The van der Waals surface area contributed by atoms with Crippen molar-refractivity contribution in [1.29, 1.82) is 0 Å². The lowest BCUT2D eigenvalue weighted by atomic mass is 9.75. The Bertz CT molecular complexity index is 369. The molecule has 0 aromatic carbocycles. The standard InChI is InChI=1S/C17H33N3O/c1-5-19-17(15(18)21)9-6-14(12-17)20-10-7-13(8-11-20)16(2,3)4/h13-14,19H,5-12H2,1-4H3,(H2,18,21). The van der Waals surface area contributed by atoms with Crippen molar-refractivity contribution in [2.24, 2.45) is 17.1 Å². The highest BCUT2D eigenvalue weighted by Gasteiger charge is 2.45. The van der Waals surface area contributed by atoms with E-state index in [0.717, 1.165) is 31.7 Å². The van der Waals surface area contributed by atoms with E-state index < -0.39 is 5.54 Å². The summed E-state index contributed by atoms with van der Waals surface area (Å²) < 4.78 is 0. The Morgan fingerprint density at radius 1 is 1.29 bits per heavy atom. The molecule has 122 valence electrons. The summed E-state index contributed by atoms with van der Waals surface area (Å²) in [6.07, 6.45) is 5.43. The molecular formula is C17H33N3O. The largest absolute Gasteiger partial charge is 0.368 e. The quantitative estimate of drug-likeness (QED) is 0.835. The fourth-order valence-electron chi connectivity index (χ4n) is 4.27. The van der Waals surface area contributed by atoms with Gasteiger partial charge in [0.15, 0.2) is 0 Å². The van der Waals surface area contributed by atoms with Crippen molar-refractivity contribution < 1.29 is 4.79 Å². The number of nitrogens with zero attached hydrogens (tertiary/aromatic N) is 1. The zero-order chi connectivity index (χ0) is 15.7. The van der Waals surface area contributed by atoms with Crippen LogP contribution in [0.4, 0.5) is 0 Å². The Kier molecular flexibility index (Phi) is 4.99. The number of likely N-dealkylation sites (tertiary alicyclic amines) is 1. The summed E-state index contributed by atoms with van der Waals surface area (Å²) in [7, 11) is 0. The summed E-state index contributed by atoms with van der Waals surface area (Å²) in [5, 5.41) is 3.36. The number of hydrogen-bond donors (Lipinski definition) is 2. The van der Waals surface area contributed by atoms with E-state index in [1.807, 2.05) is 6.92 Å². The Morgan fingerprint density at radius 2 is 1.90 bits per heavy atom. The van der Waals surface area contributed by atoms with Crippen LogP contribution in [0.15, 0.2) is 0 Å². The zero-order valence-corrected chi connectivity index (χ0v) is 14.2. The summed E-state index contributed by atoms with van der Waals surface area (Å²) in [4.78, 5) is 14.5. The number of carbonyl (C=O) groups excluding carboxylic acids is 1. The van der Waals surface area contributed by atoms with Gasteiger partial charge in [-0.25, -0.2) is 0 Å². The van der Waals surface area contributed by atoms with Crippen molar-refractivity contribution in [3.05, 3.63) is 0 Å². The van der Waals surface area contributed by atoms with Crippen LogP contribution in [-0.4, -0.2) is 42.0 Å². The molecule has 1 aliphatic carbocycles. The number of amides is 1. The summed E-state index contributed by atoms with van der Waals surface area (Å²) in [5.74, 6) is 0.654. The molecule has 0 bridgehead atoms. The third-order valence-corrected chi connectivity index (χ3v) is 5.75. The van der Waals surface area contributed by atoms with Gasteiger partial charge in [-0.15, -0.1) is 0 Å². The van der Waals surface area contributed by atoms with Gasteiger partial charge in [0, 0.05) is 6.04 Å². The third-order valence-electron chi connectivity index (χ3n) is 5.75. The first-order chi connectivity index (χ1) is 9.78. The highest BCUT2D eigenvalue weighted by molar-refractivity contribution is 5.85. The van der Waals surface area contributed by atoms with Crippen LogP contribution < -0.4 is 11.1 Å². The number of rotatable bonds is 4. The molecule has 1 aliphatic heterocycles. The van der Waals surface area contributed by atoms with E-state index in [4.69, 9.17) is 5.73 Å². The molecule has 2 rings (SSSR count). The predicted octanol–water partition coefficient (Wildman–Crippen LogP) is 2.13. The molecule has 21 heavy (non-hydrogen) atoms. The maximum atomic E-state index is 11.9. The van der Waals surface area contributed by atoms with E-state index in [-0.39, 0.29) is 5.91 Å². The van der Waals surface area contributed by atoms with Gasteiger partial charge < -0.3 is 16.0 Å². The number of piperidine rings is 1. The van der Waals surface area contributed by atoms with Crippen LogP contribution in [0.5, 0.6) is 0 Å². The summed E-state index contributed by atoms with van der Waals surface area (Å²) >= 11 is 0. The molecule has 0 radical (unpaired) electrons. The predicted molar refractivity (Wildman–Crippen MR) is 87.0 cm³/mol. The van der Waals surface area contributed by atoms with Crippen LogP contribution >= 0.6 is 0 Å². The molecule has 1 heterocycles. The first-order valence-electron chi connectivity index (χ1n) is 8.57. The number of nitrogens with two attached hydrogens (primary N) is 1. The van der Waals surface area contributed by atoms with Crippen LogP contribution in [0.1, 0.15) is 59.8 Å². The second-order valence-electron chi connectivity index (χ2n) is 8.05. The molecule has 2 aliphatic rings. The molecule has 2 unspecified atom stereocenters. The number of hydrogen-bond acceptors (Lipinski definition) is 3. The molecule has 1 saturated heterocycles. The highest BCUT2D eigenvalue weighted by Crippen LogP contribution is 2.38. The fraction of sp³-hybridized carbons (Fsp3) is 0.941. The minimum Gasteiger partial charge on any atom is -0.368 e. The monoisotopic (exact) mass is 295 g/mol. The van der Waals surface area contributed by atoms with E-state index in [1.165, 1.54) is 25.9 Å². The molecule has 3 N–H and O–H groups in total. The van der Waals surface area contributed by atoms with Gasteiger partial charge in [0.2, 0.25) is 5.91 Å². The van der Waals surface area contributed by atoms with E-state index >= 15 is 0 Å². The Labute approximate surface area is 129 Å². The molecule has 0 aromatic rings. The van der Waals surface area contributed by atoms with Crippen molar-refractivity contribution in [2.45, 2.75) is 71.4 Å². The van der Waals surface area contributed by atoms with Crippen LogP contribution in [-0.2, 0) is 4.79 Å². The second kappa shape index (κ2) is 6.25. The van der Waals surface area contributed by atoms with E-state index in [9.17, 15) is 4.79 Å². The second-order valence-corrected chi connectivity index (χ2v) is 8.05. The first kappa shape index (κ1) is 16.8. The van der Waals surface area contributed by atoms with E-state index in [2.05, 4.69) is 31.0 Å². The van der Waals surface area contributed by atoms with Gasteiger partial charge in [-0.1, -0.05) is 27.7 Å². The molecule has 0 spiro atoms. The average molecular weight is 295 g/mol. The molecule has 1 amide bonds. The van der Waals surface area contributed by atoms with Gasteiger partial charge in [-0.2, -0.15) is 0 Å². The van der Waals surface area contributed by atoms with Gasteiger partial charge in [-0.05, 0) is 63.1 Å².